The molecule has 0 saturated heterocycles. The van der Waals surface area contributed by atoms with Crippen molar-refractivity contribution in [2.24, 2.45) is 0 Å². The van der Waals surface area contributed by atoms with Crippen LogP contribution in [0.15, 0.2) is 30.5 Å². The Morgan fingerprint density at radius 1 is 1.43 bits per heavy atom. The molecule has 2 aromatic rings. The first kappa shape index (κ1) is 15.6. The molecular formula is C16H19ClN2O2. The zero-order valence-electron chi connectivity index (χ0n) is 12.2. The summed E-state index contributed by atoms with van der Waals surface area (Å²) < 4.78 is 4.93. The molecule has 0 saturated carbocycles. The van der Waals surface area contributed by atoms with Crippen molar-refractivity contribution in [2.45, 2.75) is 32.7 Å². The van der Waals surface area contributed by atoms with E-state index in [4.69, 9.17) is 16.3 Å². The number of esters is 1. The van der Waals surface area contributed by atoms with Crippen molar-refractivity contribution in [3.63, 3.8) is 0 Å². The molecule has 1 N–H and O–H groups in total. The maximum absolute atomic E-state index is 10.7. The van der Waals surface area contributed by atoms with Gasteiger partial charge in [0.05, 0.1) is 12.1 Å². The Morgan fingerprint density at radius 2 is 2.24 bits per heavy atom. The van der Waals surface area contributed by atoms with Crippen LogP contribution in [0.1, 0.15) is 26.7 Å². The topological polar surface area (TPSA) is 51.2 Å². The van der Waals surface area contributed by atoms with Gasteiger partial charge in [-0.2, -0.15) is 0 Å². The summed E-state index contributed by atoms with van der Waals surface area (Å²) in [6.45, 7) is 4.00. The van der Waals surface area contributed by atoms with Crippen LogP contribution in [0.2, 0.25) is 5.02 Å². The number of fused-ring (bicyclic) bond motifs is 1. The second kappa shape index (κ2) is 7.27. The first-order valence-corrected chi connectivity index (χ1v) is 7.38. The maximum atomic E-state index is 10.7. The van der Waals surface area contributed by atoms with Gasteiger partial charge in [-0.1, -0.05) is 11.6 Å². The van der Waals surface area contributed by atoms with Crippen LogP contribution in [-0.2, 0) is 9.53 Å². The Labute approximate surface area is 129 Å². The number of aromatic nitrogens is 1. The quantitative estimate of drug-likeness (QED) is 0.646. The third kappa shape index (κ3) is 4.60. The van der Waals surface area contributed by atoms with E-state index in [1.807, 2.05) is 24.3 Å². The fourth-order valence-corrected chi connectivity index (χ4v) is 2.36. The highest BCUT2D eigenvalue weighted by molar-refractivity contribution is 6.31. The molecular weight excluding hydrogens is 288 g/mol. The lowest BCUT2D eigenvalue weighted by molar-refractivity contribution is -0.141. The average Bonchev–Trinajstić information content (AvgIpc) is 2.43. The number of nitrogens with one attached hydrogen (secondary N) is 1. The molecule has 4 nitrogen and oxygen atoms in total. The molecule has 0 bridgehead atoms. The molecule has 0 aliphatic heterocycles. The van der Waals surface area contributed by atoms with Crippen LogP contribution in [0.5, 0.6) is 0 Å². The van der Waals surface area contributed by atoms with E-state index in [1.54, 1.807) is 6.20 Å². The van der Waals surface area contributed by atoms with Crippen LogP contribution in [0.25, 0.3) is 10.9 Å². The van der Waals surface area contributed by atoms with E-state index < -0.39 is 0 Å². The monoisotopic (exact) mass is 306 g/mol. The van der Waals surface area contributed by atoms with Crippen molar-refractivity contribution in [3.8, 4) is 0 Å². The zero-order chi connectivity index (χ0) is 15.2. The predicted molar refractivity (Wildman–Crippen MR) is 85.7 cm³/mol. The van der Waals surface area contributed by atoms with Gasteiger partial charge in [0.2, 0.25) is 0 Å². The van der Waals surface area contributed by atoms with Gasteiger partial charge in [0.25, 0.3) is 0 Å². The van der Waals surface area contributed by atoms with Gasteiger partial charge >= 0.3 is 5.97 Å². The number of hydrogen-bond acceptors (Lipinski definition) is 4. The van der Waals surface area contributed by atoms with Crippen LogP contribution in [-0.4, -0.2) is 23.6 Å². The number of benzene rings is 1. The summed E-state index contributed by atoms with van der Waals surface area (Å²) in [5, 5.41) is 5.20. The number of hydrogen-bond donors (Lipinski definition) is 1. The largest absolute Gasteiger partial charge is 0.466 e. The number of rotatable bonds is 6. The van der Waals surface area contributed by atoms with Crippen molar-refractivity contribution in [1.82, 2.24) is 4.98 Å². The molecule has 0 aliphatic carbocycles. The summed E-state index contributed by atoms with van der Waals surface area (Å²) in [5.41, 5.74) is 1.91. The summed E-state index contributed by atoms with van der Waals surface area (Å²) >= 11 is 5.98. The Bertz CT molecular complexity index is 631. The molecule has 1 heterocycles. The summed E-state index contributed by atoms with van der Waals surface area (Å²) in [4.78, 5) is 15.0. The molecule has 5 heteroatoms. The van der Waals surface area contributed by atoms with Gasteiger partial charge in [-0.15, -0.1) is 0 Å². The summed E-state index contributed by atoms with van der Waals surface area (Å²) in [6, 6.07) is 7.93. The lowest BCUT2D eigenvalue weighted by Gasteiger charge is -2.16. The van der Waals surface area contributed by atoms with E-state index in [-0.39, 0.29) is 12.0 Å². The third-order valence-corrected chi connectivity index (χ3v) is 3.43. The fraction of sp³-hybridized carbons (Fsp3) is 0.375. The van der Waals surface area contributed by atoms with E-state index in [0.717, 1.165) is 29.4 Å². The van der Waals surface area contributed by atoms with Gasteiger partial charge in [-0.25, -0.2) is 0 Å². The Kier molecular flexibility index (Phi) is 5.39. The van der Waals surface area contributed by atoms with E-state index in [1.165, 1.54) is 6.92 Å². The van der Waals surface area contributed by atoms with E-state index in [9.17, 15) is 4.79 Å². The molecule has 1 aromatic heterocycles. The van der Waals surface area contributed by atoms with Crippen molar-refractivity contribution < 1.29 is 9.53 Å². The second-order valence-electron chi connectivity index (χ2n) is 5.05. The van der Waals surface area contributed by atoms with Crippen molar-refractivity contribution in [2.75, 3.05) is 11.9 Å². The molecule has 1 atom stereocenters. The van der Waals surface area contributed by atoms with Crippen molar-refractivity contribution >= 4 is 34.2 Å². The number of nitrogens with zero attached hydrogens (tertiary/aromatic N) is 1. The van der Waals surface area contributed by atoms with E-state index >= 15 is 0 Å². The Hall–Kier alpha value is -1.81. The molecule has 21 heavy (non-hydrogen) atoms. The number of carbonyl (C=O) groups is 1. The van der Waals surface area contributed by atoms with Crippen LogP contribution in [0.4, 0.5) is 5.69 Å². The Balaban J connectivity index is 1.97. The minimum absolute atomic E-state index is 0.229. The van der Waals surface area contributed by atoms with Crippen LogP contribution in [0, 0.1) is 0 Å². The molecule has 0 unspecified atom stereocenters. The van der Waals surface area contributed by atoms with Crippen molar-refractivity contribution in [3.05, 3.63) is 35.5 Å². The first-order chi connectivity index (χ1) is 10.1. The second-order valence-corrected chi connectivity index (χ2v) is 5.48. The number of halogens is 1. The molecule has 1 aromatic carbocycles. The van der Waals surface area contributed by atoms with Gasteiger partial charge in [0.1, 0.15) is 0 Å². The SMILES string of the molecule is CC(=O)OCCC[C@H](C)Nc1ccnc2cc(Cl)ccc12. The fourth-order valence-electron chi connectivity index (χ4n) is 2.19. The molecule has 2 rings (SSSR count). The van der Waals surface area contributed by atoms with Gasteiger partial charge in [0, 0.05) is 35.3 Å². The first-order valence-electron chi connectivity index (χ1n) is 7.00. The highest BCUT2D eigenvalue weighted by atomic mass is 35.5. The number of ether oxygens (including phenoxy) is 1. The zero-order valence-corrected chi connectivity index (χ0v) is 13.0. The maximum Gasteiger partial charge on any atom is 0.302 e. The normalized spacial score (nSPS) is 12.1. The summed E-state index contributed by atoms with van der Waals surface area (Å²) in [6.07, 6.45) is 3.53. The number of anilines is 1. The predicted octanol–water partition coefficient (Wildman–Crippen LogP) is 4.03. The van der Waals surface area contributed by atoms with Crippen LogP contribution in [0.3, 0.4) is 0 Å². The third-order valence-electron chi connectivity index (χ3n) is 3.19. The molecule has 112 valence electrons. The van der Waals surface area contributed by atoms with Gasteiger partial charge in [0.15, 0.2) is 0 Å². The van der Waals surface area contributed by atoms with Crippen LogP contribution >= 0.6 is 11.6 Å². The van der Waals surface area contributed by atoms with Crippen molar-refractivity contribution in [1.29, 1.82) is 0 Å². The molecule has 0 fully saturated rings. The van der Waals surface area contributed by atoms with E-state index in [2.05, 4.69) is 17.2 Å². The average molecular weight is 307 g/mol. The Morgan fingerprint density at radius 3 is 3.00 bits per heavy atom. The highest BCUT2D eigenvalue weighted by Crippen LogP contribution is 2.25. The minimum Gasteiger partial charge on any atom is -0.466 e. The van der Waals surface area contributed by atoms with Gasteiger partial charge < -0.3 is 10.1 Å². The van der Waals surface area contributed by atoms with Gasteiger partial charge in [-0.3, -0.25) is 9.78 Å². The summed E-state index contributed by atoms with van der Waals surface area (Å²) in [7, 11) is 0. The molecule has 0 spiro atoms. The molecule has 0 amide bonds. The molecule has 0 radical (unpaired) electrons. The highest BCUT2D eigenvalue weighted by Gasteiger charge is 2.07. The number of carbonyl (C=O) groups excluding carboxylic acids is 1. The van der Waals surface area contributed by atoms with E-state index in [0.29, 0.717) is 11.6 Å². The lowest BCUT2D eigenvalue weighted by atomic mass is 10.1. The summed E-state index contributed by atoms with van der Waals surface area (Å²) in [5.74, 6) is -0.229. The van der Waals surface area contributed by atoms with Crippen LogP contribution < -0.4 is 5.32 Å². The molecule has 0 aliphatic rings. The minimum atomic E-state index is -0.229. The number of pyridine rings is 1. The van der Waals surface area contributed by atoms with Gasteiger partial charge in [-0.05, 0) is 44.0 Å². The smallest absolute Gasteiger partial charge is 0.302 e. The lowest BCUT2D eigenvalue weighted by Crippen LogP contribution is -2.16. The standard InChI is InChI=1S/C16H19ClN2O2/c1-11(4-3-9-21-12(2)20)19-15-7-8-18-16-10-13(17)5-6-14(15)16/h5-8,10-11H,3-4,9H2,1-2H3,(H,18,19)/t11-/m0/s1.